The number of esters is 1. The Labute approximate surface area is 150 Å². The van der Waals surface area contributed by atoms with E-state index >= 15 is 0 Å². The van der Waals surface area contributed by atoms with Gasteiger partial charge in [0.1, 0.15) is 5.00 Å². The van der Waals surface area contributed by atoms with Gasteiger partial charge in [-0.25, -0.2) is 9.78 Å². The Morgan fingerprint density at radius 3 is 2.80 bits per heavy atom. The Kier molecular flexibility index (Phi) is 5.33. The van der Waals surface area contributed by atoms with Crippen molar-refractivity contribution in [1.29, 1.82) is 0 Å². The predicted octanol–water partition coefficient (Wildman–Crippen LogP) is 3.85. The summed E-state index contributed by atoms with van der Waals surface area (Å²) in [6.07, 6.45) is 3.66. The molecule has 0 aromatic carbocycles. The zero-order chi connectivity index (χ0) is 17.8. The summed E-state index contributed by atoms with van der Waals surface area (Å²) in [6, 6.07) is 3.19. The molecule has 6 nitrogen and oxygen atoms in total. The van der Waals surface area contributed by atoms with Crippen molar-refractivity contribution in [3.05, 3.63) is 40.4 Å². The third kappa shape index (κ3) is 3.99. The van der Waals surface area contributed by atoms with Gasteiger partial charge < -0.3 is 14.8 Å². The number of nitrogens with one attached hydrogen (secondary N) is 1. The maximum Gasteiger partial charge on any atom is 0.341 e. The normalized spacial score (nSPS) is 13.4. The maximum atomic E-state index is 12.6. The molecule has 1 aliphatic carbocycles. The Morgan fingerprint density at radius 1 is 1.32 bits per heavy atom. The first-order valence-electron chi connectivity index (χ1n) is 8.32. The topological polar surface area (TPSA) is 77.5 Å². The van der Waals surface area contributed by atoms with Gasteiger partial charge in [-0.05, 0) is 49.6 Å². The largest absolute Gasteiger partial charge is 0.478 e. The highest BCUT2D eigenvalue weighted by atomic mass is 32.1. The van der Waals surface area contributed by atoms with Gasteiger partial charge in [0, 0.05) is 17.8 Å². The molecule has 1 amide bonds. The number of carbonyl (C=O) groups is 2. The molecule has 0 radical (unpaired) electrons. The van der Waals surface area contributed by atoms with Crippen molar-refractivity contribution in [3.8, 4) is 5.88 Å². The molecule has 1 aliphatic rings. The van der Waals surface area contributed by atoms with Crippen LogP contribution >= 0.6 is 11.3 Å². The number of nitrogens with zero attached hydrogens (tertiary/aromatic N) is 1. The number of rotatable bonds is 7. The van der Waals surface area contributed by atoms with Gasteiger partial charge in [-0.3, -0.25) is 4.79 Å². The fourth-order valence-electron chi connectivity index (χ4n) is 2.52. The Hall–Kier alpha value is -2.41. The summed E-state index contributed by atoms with van der Waals surface area (Å²) >= 11 is 1.36. The van der Waals surface area contributed by atoms with Crippen LogP contribution in [0.4, 0.5) is 5.00 Å². The zero-order valence-electron chi connectivity index (χ0n) is 14.2. The molecule has 7 heteroatoms. The van der Waals surface area contributed by atoms with E-state index in [1.165, 1.54) is 17.5 Å². The number of amides is 1. The summed E-state index contributed by atoms with van der Waals surface area (Å²) in [4.78, 5) is 28.9. The minimum absolute atomic E-state index is 0.300. The third-order valence-corrected chi connectivity index (χ3v) is 4.75. The highest BCUT2D eigenvalue weighted by Gasteiger charge is 2.32. The standard InChI is InChI=1S/C18H20N2O4S/c1-3-23-14-9-12(7-8-19-14)16(21)20-17-15(18(22)24-4-2)13(10-25-17)11-5-6-11/h7-11H,3-6H2,1-2H3,(H,20,21). The minimum Gasteiger partial charge on any atom is -0.478 e. The number of anilines is 1. The van der Waals surface area contributed by atoms with Gasteiger partial charge in [0.15, 0.2) is 0 Å². The van der Waals surface area contributed by atoms with Gasteiger partial charge in [0.2, 0.25) is 5.88 Å². The number of thiophene rings is 1. The number of pyridine rings is 1. The molecule has 25 heavy (non-hydrogen) atoms. The molecule has 0 bridgehead atoms. The van der Waals surface area contributed by atoms with Gasteiger partial charge in [0.05, 0.1) is 18.8 Å². The van der Waals surface area contributed by atoms with Crippen molar-refractivity contribution < 1.29 is 19.1 Å². The van der Waals surface area contributed by atoms with E-state index < -0.39 is 0 Å². The Balaban J connectivity index is 1.83. The van der Waals surface area contributed by atoms with E-state index in [9.17, 15) is 9.59 Å². The highest BCUT2D eigenvalue weighted by molar-refractivity contribution is 7.15. The molecule has 0 unspecified atom stereocenters. The average Bonchev–Trinajstić information content (AvgIpc) is 3.36. The first-order valence-corrected chi connectivity index (χ1v) is 9.20. The van der Waals surface area contributed by atoms with E-state index in [0.717, 1.165) is 18.4 Å². The van der Waals surface area contributed by atoms with E-state index in [-0.39, 0.29) is 11.9 Å². The van der Waals surface area contributed by atoms with Crippen LogP contribution in [0.15, 0.2) is 23.7 Å². The number of aromatic nitrogens is 1. The lowest BCUT2D eigenvalue weighted by molar-refractivity contribution is 0.0527. The summed E-state index contributed by atoms with van der Waals surface area (Å²) in [7, 11) is 0. The Morgan fingerprint density at radius 2 is 2.12 bits per heavy atom. The van der Waals surface area contributed by atoms with Crippen molar-refractivity contribution in [2.75, 3.05) is 18.5 Å². The molecule has 2 aromatic heterocycles. The lowest BCUT2D eigenvalue weighted by atomic mass is 10.1. The highest BCUT2D eigenvalue weighted by Crippen LogP contribution is 2.46. The first kappa shape index (κ1) is 17.4. The molecule has 0 saturated heterocycles. The second-order valence-corrected chi connectivity index (χ2v) is 6.54. The summed E-state index contributed by atoms with van der Waals surface area (Å²) in [5.74, 6) is 0.0983. The van der Waals surface area contributed by atoms with Crippen molar-refractivity contribution in [3.63, 3.8) is 0 Å². The van der Waals surface area contributed by atoms with Crippen molar-refractivity contribution in [2.24, 2.45) is 0 Å². The fourth-order valence-corrected chi connectivity index (χ4v) is 3.55. The Bertz CT molecular complexity index is 783. The summed E-state index contributed by atoms with van der Waals surface area (Å²) in [5, 5.41) is 5.30. The molecule has 1 fully saturated rings. The molecule has 1 saturated carbocycles. The van der Waals surface area contributed by atoms with Gasteiger partial charge in [-0.15, -0.1) is 11.3 Å². The second-order valence-electron chi connectivity index (χ2n) is 5.66. The lowest BCUT2D eigenvalue weighted by Gasteiger charge is -2.09. The molecule has 0 spiro atoms. The monoisotopic (exact) mass is 360 g/mol. The zero-order valence-corrected chi connectivity index (χ0v) is 15.0. The SMILES string of the molecule is CCOC(=O)c1c(C2CC2)csc1NC(=O)c1ccnc(OCC)c1. The molecule has 0 aliphatic heterocycles. The van der Waals surface area contributed by atoms with Crippen LogP contribution in [0.2, 0.25) is 0 Å². The van der Waals surface area contributed by atoms with E-state index in [1.807, 2.05) is 12.3 Å². The number of hydrogen-bond donors (Lipinski definition) is 1. The molecule has 0 atom stereocenters. The number of ether oxygens (including phenoxy) is 2. The molecule has 132 valence electrons. The van der Waals surface area contributed by atoms with E-state index in [1.54, 1.807) is 19.1 Å². The smallest absolute Gasteiger partial charge is 0.341 e. The first-order chi connectivity index (χ1) is 12.1. The second kappa shape index (κ2) is 7.65. The third-order valence-electron chi connectivity index (χ3n) is 3.83. The quantitative estimate of drug-likeness (QED) is 0.759. The van der Waals surface area contributed by atoms with Crippen LogP contribution in [0.3, 0.4) is 0 Å². The maximum absolute atomic E-state index is 12.6. The molecular weight excluding hydrogens is 340 g/mol. The van der Waals surface area contributed by atoms with Crippen LogP contribution in [-0.4, -0.2) is 30.1 Å². The minimum atomic E-state index is -0.384. The van der Waals surface area contributed by atoms with Crippen LogP contribution in [-0.2, 0) is 4.74 Å². The van der Waals surface area contributed by atoms with Crippen LogP contribution < -0.4 is 10.1 Å². The lowest BCUT2D eigenvalue weighted by Crippen LogP contribution is -2.15. The van der Waals surface area contributed by atoms with Crippen molar-refractivity contribution >= 4 is 28.2 Å². The van der Waals surface area contributed by atoms with E-state index in [2.05, 4.69) is 10.3 Å². The fraction of sp³-hybridized carbons (Fsp3) is 0.389. The number of carbonyl (C=O) groups excluding carboxylic acids is 2. The summed E-state index contributed by atoms with van der Waals surface area (Å²) in [6.45, 7) is 4.39. The number of hydrogen-bond acceptors (Lipinski definition) is 6. The van der Waals surface area contributed by atoms with Gasteiger partial charge >= 0.3 is 5.97 Å². The van der Waals surface area contributed by atoms with Gasteiger partial charge in [-0.2, -0.15) is 0 Å². The molecule has 3 rings (SSSR count). The molecular formula is C18H20N2O4S. The average molecular weight is 360 g/mol. The van der Waals surface area contributed by atoms with Crippen molar-refractivity contribution in [1.82, 2.24) is 4.98 Å². The predicted molar refractivity (Wildman–Crippen MR) is 95.6 cm³/mol. The van der Waals surface area contributed by atoms with Gasteiger partial charge in [-0.1, -0.05) is 0 Å². The molecule has 2 heterocycles. The van der Waals surface area contributed by atoms with E-state index in [4.69, 9.17) is 9.47 Å². The van der Waals surface area contributed by atoms with Crippen molar-refractivity contribution in [2.45, 2.75) is 32.6 Å². The summed E-state index contributed by atoms with van der Waals surface area (Å²) in [5.41, 5.74) is 1.89. The molecule has 2 aromatic rings. The van der Waals surface area contributed by atoms with Crippen LogP contribution in [0.5, 0.6) is 5.88 Å². The molecule has 1 N–H and O–H groups in total. The summed E-state index contributed by atoms with van der Waals surface area (Å²) < 4.78 is 10.5. The van der Waals surface area contributed by atoms with E-state index in [0.29, 0.717) is 41.1 Å². The van der Waals surface area contributed by atoms with Crippen LogP contribution in [0, 0.1) is 0 Å². The van der Waals surface area contributed by atoms with Crippen LogP contribution in [0.1, 0.15) is 58.9 Å². The van der Waals surface area contributed by atoms with Gasteiger partial charge in [0.25, 0.3) is 5.91 Å². The van der Waals surface area contributed by atoms with Crippen LogP contribution in [0.25, 0.3) is 0 Å².